The zero-order chi connectivity index (χ0) is 20.6. The monoisotopic (exact) mass is 388 g/mol. The van der Waals surface area contributed by atoms with Crippen LogP contribution in [0.2, 0.25) is 0 Å². The van der Waals surface area contributed by atoms with Crippen molar-refractivity contribution in [1.29, 1.82) is 0 Å². The van der Waals surface area contributed by atoms with Gasteiger partial charge in [-0.25, -0.2) is 4.79 Å². The van der Waals surface area contributed by atoms with Gasteiger partial charge in [0.2, 0.25) is 5.78 Å². The van der Waals surface area contributed by atoms with Crippen molar-refractivity contribution in [3.05, 3.63) is 96.1 Å². The van der Waals surface area contributed by atoms with E-state index >= 15 is 0 Å². The molecule has 0 aliphatic carbocycles. The summed E-state index contributed by atoms with van der Waals surface area (Å²) in [5, 5.41) is 1.72. The molecule has 3 aromatic carbocycles. The summed E-state index contributed by atoms with van der Waals surface area (Å²) in [4.78, 5) is 36.4. The van der Waals surface area contributed by atoms with E-state index in [2.05, 4.69) is 6.58 Å². The Labute approximate surface area is 168 Å². The molecule has 0 aliphatic heterocycles. The molecule has 0 saturated carbocycles. The number of hydrogen-bond acceptors (Lipinski definition) is 5. The third-order valence-corrected chi connectivity index (χ3v) is 4.31. The Balaban J connectivity index is 1.50. The highest BCUT2D eigenvalue weighted by Crippen LogP contribution is 2.19. The number of hydrogen-bond donors (Lipinski definition) is 0. The molecular weight excluding hydrogens is 368 g/mol. The highest BCUT2D eigenvalue weighted by Gasteiger charge is 2.17. The predicted octanol–water partition coefficient (Wildman–Crippen LogP) is 4.26. The van der Waals surface area contributed by atoms with Crippen LogP contribution in [0.4, 0.5) is 0 Å². The van der Waals surface area contributed by atoms with Gasteiger partial charge in [0.15, 0.2) is 6.61 Å². The summed E-state index contributed by atoms with van der Waals surface area (Å²) in [6.45, 7) is 3.25. The fourth-order valence-corrected chi connectivity index (χ4v) is 2.81. The van der Waals surface area contributed by atoms with Gasteiger partial charge in [-0.3, -0.25) is 9.59 Å². The van der Waals surface area contributed by atoms with E-state index in [1.54, 1.807) is 12.1 Å². The molecule has 146 valence electrons. The van der Waals surface area contributed by atoms with Crippen molar-refractivity contribution in [3.63, 3.8) is 0 Å². The summed E-state index contributed by atoms with van der Waals surface area (Å²) in [5.74, 6) is -1.71. The molecule has 0 unspecified atom stereocenters. The Bertz CT molecular complexity index is 1050. The Morgan fingerprint density at radius 3 is 2.28 bits per heavy atom. The maximum Gasteiger partial charge on any atom is 0.334 e. The summed E-state index contributed by atoms with van der Waals surface area (Å²) in [5.41, 5.74) is 1.26. The molecule has 0 N–H and O–H groups in total. The molecular formula is C24H20O5. The van der Waals surface area contributed by atoms with Gasteiger partial charge < -0.3 is 9.47 Å². The summed E-state index contributed by atoms with van der Waals surface area (Å²) in [6, 6.07) is 22.0. The predicted molar refractivity (Wildman–Crippen MR) is 109 cm³/mol. The van der Waals surface area contributed by atoms with Crippen molar-refractivity contribution in [1.82, 2.24) is 0 Å². The molecule has 29 heavy (non-hydrogen) atoms. The van der Waals surface area contributed by atoms with Crippen molar-refractivity contribution in [2.24, 2.45) is 0 Å². The molecule has 0 saturated heterocycles. The fraction of sp³-hybridized carbons (Fsp3) is 0.125. The van der Waals surface area contributed by atoms with E-state index < -0.39 is 18.5 Å². The van der Waals surface area contributed by atoms with Crippen molar-refractivity contribution >= 4 is 28.5 Å². The minimum Gasteiger partial charge on any atom is -0.461 e. The Hall–Kier alpha value is -3.73. The Morgan fingerprint density at radius 2 is 1.48 bits per heavy atom. The van der Waals surface area contributed by atoms with Crippen LogP contribution in [0.1, 0.15) is 22.3 Å². The van der Waals surface area contributed by atoms with E-state index in [0.717, 1.165) is 16.3 Å². The number of rotatable bonds is 8. The molecule has 5 nitrogen and oxygen atoms in total. The standard InChI is InChI=1S/C24H20O5/c1-17(14-23(26)28-15-18-8-3-2-4-9-18)24(27)29-16-22(25)21-13-7-11-19-10-5-6-12-20(19)21/h2-13H,1,14-16H2. The summed E-state index contributed by atoms with van der Waals surface area (Å²) in [6.07, 6.45) is -0.297. The maximum absolute atomic E-state index is 12.5. The lowest BCUT2D eigenvalue weighted by Gasteiger charge is -2.09. The molecule has 5 heteroatoms. The third kappa shape index (κ3) is 5.39. The minimum absolute atomic E-state index is 0.0613. The molecule has 0 heterocycles. The molecule has 0 radical (unpaired) electrons. The highest BCUT2D eigenvalue weighted by molar-refractivity contribution is 6.09. The topological polar surface area (TPSA) is 69.7 Å². The molecule has 3 aromatic rings. The van der Waals surface area contributed by atoms with E-state index in [1.165, 1.54) is 0 Å². The lowest BCUT2D eigenvalue weighted by Crippen LogP contribution is -2.17. The Kier molecular flexibility index (Phi) is 6.53. The summed E-state index contributed by atoms with van der Waals surface area (Å²) >= 11 is 0. The third-order valence-electron chi connectivity index (χ3n) is 4.31. The largest absolute Gasteiger partial charge is 0.461 e. The first-order valence-corrected chi connectivity index (χ1v) is 9.10. The quantitative estimate of drug-likeness (QED) is 0.328. The van der Waals surface area contributed by atoms with Crippen molar-refractivity contribution in [2.75, 3.05) is 6.61 Å². The van der Waals surface area contributed by atoms with Gasteiger partial charge in [0, 0.05) is 11.1 Å². The van der Waals surface area contributed by atoms with Crippen molar-refractivity contribution in [3.8, 4) is 0 Å². The number of esters is 2. The van der Waals surface area contributed by atoms with Crippen LogP contribution in [-0.2, 0) is 25.7 Å². The second-order valence-corrected chi connectivity index (χ2v) is 6.45. The smallest absolute Gasteiger partial charge is 0.334 e. The molecule has 0 amide bonds. The van der Waals surface area contributed by atoms with Gasteiger partial charge in [0.25, 0.3) is 0 Å². The number of fused-ring (bicyclic) bond motifs is 1. The van der Waals surface area contributed by atoms with Gasteiger partial charge >= 0.3 is 11.9 Å². The zero-order valence-corrected chi connectivity index (χ0v) is 15.8. The van der Waals surface area contributed by atoms with Crippen molar-refractivity contribution in [2.45, 2.75) is 13.0 Å². The number of carbonyl (C=O) groups is 3. The second-order valence-electron chi connectivity index (χ2n) is 6.45. The molecule has 0 fully saturated rings. The van der Waals surface area contributed by atoms with Crippen LogP contribution in [0, 0.1) is 0 Å². The first kappa shape index (κ1) is 20.0. The van der Waals surface area contributed by atoms with Crippen LogP contribution >= 0.6 is 0 Å². The summed E-state index contributed by atoms with van der Waals surface area (Å²) < 4.78 is 10.2. The zero-order valence-electron chi connectivity index (χ0n) is 15.8. The van der Waals surface area contributed by atoms with E-state index in [0.29, 0.717) is 5.56 Å². The molecule has 3 rings (SSSR count). The molecule has 0 aliphatic rings. The van der Waals surface area contributed by atoms with Gasteiger partial charge in [0.05, 0.1) is 6.42 Å². The SMILES string of the molecule is C=C(CC(=O)OCc1ccccc1)C(=O)OCC(=O)c1cccc2ccccc12. The van der Waals surface area contributed by atoms with Gasteiger partial charge in [-0.15, -0.1) is 0 Å². The highest BCUT2D eigenvalue weighted by atomic mass is 16.5. The number of ketones is 1. The fourth-order valence-electron chi connectivity index (χ4n) is 2.81. The van der Waals surface area contributed by atoms with Gasteiger partial charge in [-0.1, -0.05) is 79.4 Å². The number of carbonyl (C=O) groups excluding carboxylic acids is 3. The Morgan fingerprint density at radius 1 is 0.793 bits per heavy atom. The minimum atomic E-state index is -0.796. The maximum atomic E-state index is 12.5. The van der Waals surface area contributed by atoms with Crippen LogP contribution in [-0.4, -0.2) is 24.3 Å². The average molecular weight is 388 g/mol. The normalized spacial score (nSPS) is 10.3. The number of benzene rings is 3. The second kappa shape index (κ2) is 9.46. The lowest BCUT2D eigenvalue weighted by molar-refractivity contribution is -0.146. The van der Waals surface area contributed by atoms with Gasteiger partial charge in [-0.05, 0) is 16.3 Å². The average Bonchev–Trinajstić information content (AvgIpc) is 2.76. The molecule has 0 spiro atoms. The molecule has 0 atom stereocenters. The van der Waals surface area contributed by atoms with Crippen molar-refractivity contribution < 1.29 is 23.9 Å². The molecule has 0 bridgehead atoms. The summed E-state index contributed by atoms with van der Waals surface area (Å²) in [7, 11) is 0. The van der Waals surface area contributed by atoms with Crippen LogP contribution in [0.25, 0.3) is 10.8 Å². The van der Waals surface area contributed by atoms with Crippen LogP contribution < -0.4 is 0 Å². The van der Waals surface area contributed by atoms with Gasteiger partial charge in [0.1, 0.15) is 6.61 Å². The molecule has 0 aromatic heterocycles. The number of Topliss-reactive ketones (excluding diaryl/α,β-unsaturated/α-hetero) is 1. The van der Waals surface area contributed by atoms with E-state index in [4.69, 9.17) is 9.47 Å². The first-order chi connectivity index (χ1) is 14.0. The van der Waals surface area contributed by atoms with E-state index in [9.17, 15) is 14.4 Å². The number of ether oxygens (including phenoxy) is 2. The van der Waals surface area contributed by atoms with Crippen LogP contribution in [0.15, 0.2) is 84.9 Å². The first-order valence-electron chi connectivity index (χ1n) is 9.10. The van der Waals surface area contributed by atoms with E-state index in [-0.39, 0.29) is 24.4 Å². The van der Waals surface area contributed by atoms with E-state index in [1.807, 2.05) is 60.7 Å². The van der Waals surface area contributed by atoms with Gasteiger partial charge in [-0.2, -0.15) is 0 Å². The van der Waals surface area contributed by atoms with Crippen LogP contribution in [0.5, 0.6) is 0 Å². The van der Waals surface area contributed by atoms with Crippen LogP contribution in [0.3, 0.4) is 0 Å². The lowest BCUT2D eigenvalue weighted by atomic mass is 10.0.